The molecule has 0 bridgehead atoms. The highest BCUT2D eigenvalue weighted by Gasteiger charge is 2.28. The number of carbonyl (C=O) groups is 1. The van der Waals surface area contributed by atoms with Crippen molar-refractivity contribution in [2.24, 2.45) is 0 Å². The number of nitrogens with zero attached hydrogens (tertiary/aromatic N) is 4. The number of phenols is 1. The third-order valence-corrected chi connectivity index (χ3v) is 5.55. The quantitative estimate of drug-likeness (QED) is 0.606. The number of hydrogen-bond acceptors (Lipinski definition) is 7. The summed E-state index contributed by atoms with van der Waals surface area (Å²) >= 11 is 0. The average Bonchev–Trinajstić information content (AvgIpc) is 2.79. The molecule has 2 heterocycles. The lowest BCUT2D eigenvalue weighted by Crippen LogP contribution is -2.49. The Morgan fingerprint density at radius 3 is 2.23 bits per heavy atom. The molecule has 2 aromatic carbocycles. The molecule has 158 valence electrons. The summed E-state index contributed by atoms with van der Waals surface area (Å²) in [7, 11) is 0. The number of benzene rings is 2. The summed E-state index contributed by atoms with van der Waals surface area (Å²) in [5, 5.41) is 20.7. The van der Waals surface area contributed by atoms with Crippen LogP contribution in [0.15, 0.2) is 42.5 Å². The van der Waals surface area contributed by atoms with Gasteiger partial charge in [0.1, 0.15) is 5.75 Å². The molecular weight excluding hydrogens is 388 g/mol. The molecule has 2 fully saturated rings. The van der Waals surface area contributed by atoms with Crippen LogP contribution in [0.1, 0.15) is 10.4 Å². The molecule has 2 saturated heterocycles. The number of phenolic OH excluding ortho intramolecular Hbond substituents is 1. The van der Waals surface area contributed by atoms with E-state index in [9.17, 15) is 20.0 Å². The molecule has 2 aliphatic rings. The summed E-state index contributed by atoms with van der Waals surface area (Å²) in [4.78, 5) is 30.1. The fraction of sp³-hybridized carbons (Fsp3) is 0.381. The molecule has 30 heavy (non-hydrogen) atoms. The Balaban J connectivity index is 1.52. The van der Waals surface area contributed by atoms with Crippen LogP contribution in [0.5, 0.6) is 5.75 Å². The zero-order chi connectivity index (χ0) is 21.1. The number of aromatic hydroxyl groups is 1. The number of piperazine rings is 1. The molecule has 0 spiro atoms. The van der Waals surface area contributed by atoms with Gasteiger partial charge >= 0.3 is 0 Å². The van der Waals surface area contributed by atoms with Gasteiger partial charge in [-0.25, -0.2) is 0 Å². The Morgan fingerprint density at radius 2 is 1.60 bits per heavy atom. The number of amides is 1. The number of anilines is 2. The van der Waals surface area contributed by atoms with Crippen LogP contribution in [-0.2, 0) is 4.74 Å². The van der Waals surface area contributed by atoms with Gasteiger partial charge in [-0.1, -0.05) is 0 Å². The number of carbonyl (C=O) groups excluding carboxylic acids is 1. The van der Waals surface area contributed by atoms with Gasteiger partial charge in [0.2, 0.25) is 0 Å². The van der Waals surface area contributed by atoms with E-state index in [0.29, 0.717) is 58.0 Å². The summed E-state index contributed by atoms with van der Waals surface area (Å²) < 4.78 is 5.39. The van der Waals surface area contributed by atoms with E-state index in [1.54, 1.807) is 23.1 Å². The minimum Gasteiger partial charge on any atom is -0.508 e. The highest BCUT2D eigenvalue weighted by molar-refractivity contribution is 6.00. The Labute approximate surface area is 174 Å². The van der Waals surface area contributed by atoms with Crippen LogP contribution >= 0.6 is 0 Å². The molecule has 0 aromatic heterocycles. The first-order chi connectivity index (χ1) is 14.5. The van der Waals surface area contributed by atoms with Crippen LogP contribution in [0, 0.1) is 10.1 Å². The number of non-ortho nitro benzene ring substituents is 1. The van der Waals surface area contributed by atoms with Gasteiger partial charge in [-0.3, -0.25) is 14.9 Å². The van der Waals surface area contributed by atoms with Crippen molar-refractivity contribution in [3.8, 4) is 5.75 Å². The normalized spacial score (nSPS) is 17.1. The smallest absolute Gasteiger partial charge is 0.270 e. The van der Waals surface area contributed by atoms with E-state index in [1.807, 2.05) is 17.0 Å². The number of rotatable bonds is 4. The summed E-state index contributed by atoms with van der Waals surface area (Å²) in [6.07, 6.45) is 0. The van der Waals surface area contributed by atoms with Gasteiger partial charge in [0.05, 0.1) is 29.4 Å². The molecule has 0 radical (unpaired) electrons. The third kappa shape index (κ3) is 4.16. The zero-order valence-electron chi connectivity index (χ0n) is 16.6. The third-order valence-electron chi connectivity index (χ3n) is 5.55. The summed E-state index contributed by atoms with van der Waals surface area (Å²) in [5.41, 5.74) is 1.99. The monoisotopic (exact) mass is 412 g/mol. The zero-order valence-corrected chi connectivity index (χ0v) is 16.6. The predicted octanol–water partition coefficient (Wildman–Crippen LogP) is 2.10. The second-order valence-corrected chi connectivity index (χ2v) is 7.35. The average molecular weight is 412 g/mol. The van der Waals surface area contributed by atoms with Crippen molar-refractivity contribution in [3.05, 3.63) is 58.1 Å². The number of morpholine rings is 1. The molecule has 2 aliphatic heterocycles. The van der Waals surface area contributed by atoms with Crippen molar-refractivity contribution >= 4 is 23.0 Å². The van der Waals surface area contributed by atoms with Crippen LogP contribution in [0.2, 0.25) is 0 Å². The van der Waals surface area contributed by atoms with E-state index in [1.165, 1.54) is 12.1 Å². The molecule has 0 atom stereocenters. The van der Waals surface area contributed by atoms with E-state index in [4.69, 9.17) is 4.74 Å². The van der Waals surface area contributed by atoms with E-state index in [2.05, 4.69) is 4.90 Å². The minimum atomic E-state index is -0.470. The Kier molecular flexibility index (Phi) is 5.71. The van der Waals surface area contributed by atoms with Crippen LogP contribution in [0.25, 0.3) is 0 Å². The maximum absolute atomic E-state index is 13.3. The number of hydrogen-bond donors (Lipinski definition) is 1. The number of nitro groups is 1. The standard InChI is InChI=1S/C21H24N4O5/c26-18-4-1-16(2-5-18)22-7-9-24(10-8-22)21(27)19-15-17(25(28)29)3-6-20(19)23-11-13-30-14-12-23/h1-6,15,26H,7-14H2. The first kappa shape index (κ1) is 20.0. The van der Waals surface area contributed by atoms with Gasteiger partial charge in [-0.05, 0) is 30.3 Å². The Hall–Kier alpha value is -3.33. The van der Waals surface area contributed by atoms with Crippen molar-refractivity contribution < 1.29 is 19.6 Å². The van der Waals surface area contributed by atoms with E-state index in [-0.39, 0.29) is 17.3 Å². The lowest BCUT2D eigenvalue weighted by atomic mass is 10.1. The van der Waals surface area contributed by atoms with Gasteiger partial charge < -0.3 is 24.5 Å². The van der Waals surface area contributed by atoms with Gasteiger partial charge in [0, 0.05) is 57.1 Å². The van der Waals surface area contributed by atoms with Crippen molar-refractivity contribution in [2.45, 2.75) is 0 Å². The lowest BCUT2D eigenvalue weighted by Gasteiger charge is -2.37. The van der Waals surface area contributed by atoms with E-state index < -0.39 is 4.92 Å². The predicted molar refractivity (Wildman–Crippen MR) is 112 cm³/mol. The molecule has 0 aliphatic carbocycles. The molecule has 4 rings (SSSR count). The van der Waals surface area contributed by atoms with Crippen molar-refractivity contribution in [3.63, 3.8) is 0 Å². The van der Waals surface area contributed by atoms with Crippen LogP contribution in [0.3, 0.4) is 0 Å². The van der Waals surface area contributed by atoms with Crippen LogP contribution in [0.4, 0.5) is 17.1 Å². The molecule has 9 heteroatoms. The topological polar surface area (TPSA) is 99.4 Å². The summed E-state index contributed by atoms with van der Waals surface area (Å²) in [6, 6.07) is 11.5. The van der Waals surface area contributed by atoms with E-state index in [0.717, 1.165) is 11.4 Å². The Bertz CT molecular complexity index is 919. The fourth-order valence-corrected chi connectivity index (χ4v) is 3.89. The molecule has 9 nitrogen and oxygen atoms in total. The molecule has 2 aromatic rings. The second kappa shape index (κ2) is 8.58. The molecule has 1 N–H and O–H groups in total. The number of nitro benzene ring substituents is 1. The SMILES string of the molecule is O=C(c1cc([N+](=O)[O-])ccc1N1CCOCC1)N1CCN(c2ccc(O)cc2)CC1. The highest BCUT2D eigenvalue weighted by Crippen LogP contribution is 2.28. The number of ether oxygens (including phenoxy) is 1. The van der Waals surface area contributed by atoms with Gasteiger partial charge in [0.15, 0.2) is 0 Å². The van der Waals surface area contributed by atoms with E-state index >= 15 is 0 Å². The minimum absolute atomic E-state index is 0.0851. The molecular formula is C21H24N4O5. The first-order valence-electron chi connectivity index (χ1n) is 9.97. The Morgan fingerprint density at radius 1 is 0.933 bits per heavy atom. The summed E-state index contributed by atoms with van der Waals surface area (Å²) in [6.45, 7) is 4.76. The summed E-state index contributed by atoms with van der Waals surface area (Å²) in [5.74, 6) is 0.0272. The second-order valence-electron chi connectivity index (χ2n) is 7.35. The van der Waals surface area contributed by atoms with Crippen molar-refractivity contribution in [2.75, 3.05) is 62.3 Å². The first-order valence-corrected chi connectivity index (χ1v) is 9.97. The molecule has 0 unspecified atom stereocenters. The van der Waals surface area contributed by atoms with Crippen molar-refractivity contribution in [1.29, 1.82) is 0 Å². The van der Waals surface area contributed by atoms with Gasteiger partial charge in [-0.15, -0.1) is 0 Å². The van der Waals surface area contributed by atoms with Gasteiger partial charge in [-0.2, -0.15) is 0 Å². The maximum Gasteiger partial charge on any atom is 0.270 e. The molecule has 0 saturated carbocycles. The maximum atomic E-state index is 13.3. The van der Waals surface area contributed by atoms with Crippen LogP contribution < -0.4 is 9.80 Å². The lowest BCUT2D eigenvalue weighted by molar-refractivity contribution is -0.384. The highest BCUT2D eigenvalue weighted by atomic mass is 16.6. The van der Waals surface area contributed by atoms with Gasteiger partial charge in [0.25, 0.3) is 11.6 Å². The molecule has 1 amide bonds. The fourth-order valence-electron chi connectivity index (χ4n) is 3.89. The largest absolute Gasteiger partial charge is 0.508 e. The van der Waals surface area contributed by atoms with Crippen LogP contribution in [-0.4, -0.2) is 73.3 Å². The van der Waals surface area contributed by atoms with Crippen molar-refractivity contribution in [1.82, 2.24) is 4.90 Å².